The van der Waals surface area contributed by atoms with Gasteiger partial charge in [-0.15, -0.1) is 0 Å². The average molecular weight is 539 g/mol. The summed E-state index contributed by atoms with van der Waals surface area (Å²) in [6.45, 7) is 7.85. The highest BCUT2D eigenvalue weighted by Crippen LogP contribution is 2.23. The zero-order chi connectivity index (χ0) is 24.8. The molecule has 2 aromatic rings. The number of carbonyl (C=O) groups is 2. The van der Waals surface area contributed by atoms with Crippen LogP contribution in [0.15, 0.2) is 53.0 Å². The molecule has 0 heterocycles. The van der Waals surface area contributed by atoms with Crippen molar-refractivity contribution in [2.75, 3.05) is 23.7 Å². The molecule has 2 aromatic carbocycles. The van der Waals surface area contributed by atoms with Crippen molar-refractivity contribution >= 4 is 43.5 Å². The fraction of sp³-hybridized carbons (Fsp3) is 0.417. The summed E-state index contributed by atoms with van der Waals surface area (Å²) < 4.78 is 26.9. The van der Waals surface area contributed by atoms with E-state index < -0.39 is 28.5 Å². The molecule has 0 fully saturated rings. The van der Waals surface area contributed by atoms with Gasteiger partial charge in [-0.25, -0.2) is 8.42 Å². The van der Waals surface area contributed by atoms with Crippen molar-refractivity contribution < 1.29 is 18.0 Å². The Labute approximate surface area is 205 Å². The molecule has 9 heteroatoms. The van der Waals surface area contributed by atoms with Crippen molar-refractivity contribution in [3.63, 3.8) is 0 Å². The lowest BCUT2D eigenvalue weighted by molar-refractivity contribution is -0.139. The maximum atomic E-state index is 13.5. The lowest BCUT2D eigenvalue weighted by Crippen LogP contribution is -2.51. The molecule has 0 saturated heterocycles. The molecule has 7 nitrogen and oxygen atoms in total. The van der Waals surface area contributed by atoms with E-state index in [-0.39, 0.29) is 18.4 Å². The van der Waals surface area contributed by atoms with Crippen molar-refractivity contribution in [1.82, 2.24) is 10.2 Å². The van der Waals surface area contributed by atoms with E-state index >= 15 is 0 Å². The molecule has 2 rings (SSSR count). The number of aryl methyl sites for hydroxylation is 1. The van der Waals surface area contributed by atoms with Gasteiger partial charge < -0.3 is 10.2 Å². The lowest BCUT2D eigenvalue weighted by atomic mass is 10.1. The molecule has 0 unspecified atom stereocenters. The number of sulfonamides is 1. The molecule has 1 atom stereocenters. The van der Waals surface area contributed by atoms with Crippen molar-refractivity contribution in [3.05, 3.63) is 64.1 Å². The first-order valence-corrected chi connectivity index (χ1v) is 13.4. The minimum Gasteiger partial charge on any atom is -0.354 e. The number of rotatable bonds is 10. The van der Waals surface area contributed by atoms with Crippen LogP contribution >= 0.6 is 15.9 Å². The van der Waals surface area contributed by atoms with Crippen LogP contribution in [0.4, 0.5) is 5.69 Å². The third-order valence-electron chi connectivity index (χ3n) is 5.23. The van der Waals surface area contributed by atoms with Crippen molar-refractivity contribution in [3.8, 4) is 0 Å². The Balaban J connectivity index is 2.38. The lowest BCUT2D eigenvalue weighted by Gasteiger charge is -2.32. The second-order valence-corrected chi connectivity index (χ2v) is 11.3. The van der Waals surface area contributed by atoms with E-state index in [1.54, 1.807) is 31.2 Å². The smallest absolute Gasteiger partial charge is 0.244 e. The van der Waals surface area contributed by atoms with Crippen molar-refractivity contribution in [2.45, 2.75) is 40.3 Å². The van der Waals surface area contributed by atoms with Gasteiger partial charge in [-0.1, -0.05) is 60.1 Å². The number of amides is 2. The largest absolute Gasteiger partial charge is 0.354 e. The summed E-state index contributed by atoms with van der Waals surface area (Å²) in [6, 6.07) is 13.6. The quantitative estimate of drug-likeness (QED) is 0.500. The molecule has 0 radical (unpaired) electrons. The van der Waals surface area contributed by atoms with Gasteiger partial charge in [0.15, 0.2) is 0 Å². The Bertz CT molecular complexity index is 1090. The Morgan fingerprint density at radius 3 is 2.30 bits per heavy atom. The Hall–Kier alpha value is -2.39. The predicted molar refractivity (Wildman–Crippen MR) is 135 cm³/mol. The number of nitrogens with zero attached hydrogens (tertiary/aromatic N) is 2. The van der Waals surface area contributed by atoms with E-state index in [0.717, 1.165) is 21.7 Å². The highest BCUT2D eigenvalue weighted by Gasteiger charge is 2.30. The second kappa shape index (κ2) is 11.7. The van der Waals surface area contributed by atoms with Crippen LogP contribution in [0, 0.1) is 12.8 Å². The monoisotopic (exact) mass is 537 g/mol. The second-order valence-electron chi connectivity index (χ2n) is 8.51. The summed E-state index contributed by atoms with van der Waals surface area (Å²) in [5.74, 6) is -0.478. The van der Waals surface area contributed by atoms with Crippen LogP contribution in [-0.2, 0) is 26.2 Å². The number of hydrogen-bond acceptors (Lipinski definition) is 4. The Kier molecular flexibility index (Phi) is 9.48. The van der Waals surface area contributed by atoms with Crippen LogP contribution in [0.25, 0.3) is 0 Å². The topological polar surface area (TPSA) is 86.8 Å². The third-order valence-corrected chi connectivity index (χ3v) is 6.86. The molecular weight excluding hydrogens is 506 g/mol. The first kappa shape index (κ1) is 26.9. The Morgan fingerprint density at radius 1 is 1.06 bits per heavy atom. The van der Waals surface area contributed by atoms with Gasteiger partial charge >= 0.3 is 0 Å². The van der Waals surface area contributed by atoms with Gasteiger partial charge in [0.1, 0.15) is 12.6 Å². The summed E-state index contributed by atoms with van der Waals surface area (Å²) in [5.41, 5.74) is 2.24. The summed E-state index contributed by atoms with van der Waals surface area (Å²) >= 11 is 3.35. The fourth-order valence-electron chi connectivity index (χ4n) is 3.25. The molecule has 33 heavy (non-hydrogen) atoms. The van der Waals surface area contributed by atoms with Gasteiger partial charge in [0.25, 0.3) is 0 Å². The van der Waals surface area contributed by atoms with E-state index in [1.807, 2.05) is 45.0 Å². The van der Waals surface area contributed by atoms with Gasteiger partial charge in [0.2, 0.25) is 21.8 Å². The van der Waals surface area contributed by atoms with Gasteiger partial charge in [-0.05, 0) is 49.1 Å². The first-order valence-electron chi connectivity index (χ1n) is 10.7. The standard InChI is InChI=1S/C24H32BrN3O4S/c1-17(2)14-26-24(30)19(4)27(15-20-10-7-6-9-18(20)3)23(29)16-28(33(5,31)32)22-12-8-11-21(25)13-22/h6-13,17,19H,14-16H2,1-5H3,(H,26,30)/t19-/m0/s1. The Morgan fingerprint density at radius 2 is 1.73 bits per heavy atom. The summed E-state index contributed by atoms with van der Waals surface area (Å²) in [6.07, 6.45) is 1.06. The van der Waals surface area contributed by atoms with Gasteiger partial charge in [0, 0.05) is 17.6 Å². The van der Waals surface area contributed by atoms with Crippen LogP contribution in [0.5, 0.6) is 0 Å². The van der Waals surface area contributed by atoms with Crippen LogP contribution in [0.3, 0.4) is 0 Å². The molecule has 1 N–H and O–H groups in total. The van der Waals surface area contributed by atoms with E-state index in [2.05, 4.69) is 21.2 Å². The molecule has 180 valence electrons. The van der Waals surface area contributed by atoms with E-state index in [9.17, 15) is 18.0 Å². The number of carbonyl (C=O) groups excluding carboxylic acids is 2. The zero-order valence-electron chi connectivity index (χ0n) is 19.7. The molecule has 2 amide bonds. The summed E-state index contributed by atoms with van der Waals surface area (Å²) in [5, 5.41) is 2.87. The maximum Gasteiger partial charge on any atom is 0.244 e. The molecule has 0 aliphatic carbocycles. The van der Waals surface area contributed by atoms with Crippen molar-refractivity contribution in [1.29, 1.82) is 0 Å². The number of nitrogens with one attached hydrogen (secondary N) is 1. The fourth-order valence-corrected chi connectivity index (χ4v) is 4.48. The third kappa shape index (κ3) is 7.85. The highest BCUT2D eigenvalue weighted by atomic mass is 79.9. The van der Waals surface area contributed by atoms with Crippen LogP contribution < -0.4 is 9.62 Å². The molecular formula is C24H32BrN3O4S. The molecule has 0 aromatic heterocycles. The van der Waals surface area contributed by atoms with E-state index in [0.29, 0.717) is 16.7 Å². The molecule has 0 saturated carbocycles. The summed E-state index contributed by atoms with van der Waals surface area (Å²) in [4.78, 5) is 27.7. The van der Waals surface area contributed by atoms with Crippen molar-refractivity contribution in [2.24, 2.45) is 5.92 Å². The number of anilines is 1. The number of hydrogen-bond donors (Lipinski definition) is 1. The average Bonchev–Trinajstić information content (AvgIpc) is 2.73. The predicted octanol–water partition coefficient (Wildman–Crippen LogP) is 3.71. The van der Waals surface area contributed by atoms with Gasteiger partial charge in [-0.2, -0.15) is 0 Å². The molecule has 0 aliphatic rings. The minimum atomic E-state index is -3.75. The van der Waals surface area contributed by atoms with Crippen LogP contribution in [0.2, 0.25) is 0 Å². The summed E-state index contributed by atoms with van der Waals surface area (Å²) in [7, 11) is -3.75. The molecule has 0 aliphatic heterocycles. The minimum absolute atomic E-state index is 0.192. The van der Waals surface area contributed by atoms with E-state index in [1.165, 1.54) is 4.90 Å². The van der Waals surface area contributed by atoms with E-state index in [4.69, 9.17) is 0 Å². The maximum absolute atomic E-state index is 13.5. The van der Waals surface area contributed by atoms with Gasteiger partial charge in [0.05, 0.1) is 11.9 Å². The molecule has 0 spiro atoms. The van der Waals surface area contributed by atoms with Gasteiger partial charge in [-0.3, -0.25) is 13.9 Å². The van der Waals surface area contributed by atoms with Crippen LogP contribution in [-0.4, -0.2) is 50.5 Å². The normalized spacial score (nSPS) is 12.3. The highest BCUT2D eigenvalue weighted by molar-refractivity contribution is 9.10. The first-order chi connectivity index (χ1) is 15.4. The molecule has 0 bridgehead atoms. The number of benzene rings is 2. The number of halogens is 1. The SMILES string of the molecule is Cc1ccccc1CN(C(=O)CN(c1cccc(Br)c1)S(C)(=O)=O)[C@@H](C)C(=O)NCC(C)C. The van der Waals surface area contributed by atoms with Crippen LogP contribution in [0.1, 0.15) is 31.9 Å². The zero-order valence-corrected chi connectivity index (χ0v) is 22.1.